The second-order valence-electron chi connectivity index (χ2n) is 5.10. The van der Waals surface area contributed by atoms with Gasteiger partial charge in [-0.15, -0.1) is 0 Å². The lowest BCUT2D eigenvalue weighted by molar-refractivity contribution is 0.0597. The van der Waals surface area contributed by atoms with Crippen molar-refractivity contribution in [2.75, 3.05) is 7.11 Å². The summed E-state index contributed by atoms with van der Waals surface area (Å²) in [6, 6.07) is 10.5. The fraction of sp³-hybridized carbons (Fsp3) is 0.333. The molecule has 0 saturated carbocycles. The highest BCUT2D eigenvalue weighted by atomic mass is 16.5. The van der Waals surface area contributed by atoms with Crippen molar-refractivity contribution in [3.63, 3.8) is 0 Å². The number of carbonyl (C=O) groups is 1. The van der Waals surface area contributed by atoms with E-state index in [1.54, 1.807) is 12.1 Å². The Morgan fingerprint density at radius 1 is 1.18 bits per heavy atom. The molecule has 2 rings (SSSR count). The second kappa shape index (κ2) is 7.59. The van der Waals surface area contributed by atoms with Crippen molar-refractivity contribution in [3.8, 4) is 11.3 Å². The van der Waals surface area contributed by atoms with Crippen LogP contribution in [0.5, 0.6) is 0 Å². The summed E-state index contributed by atoms with van der Waals surface area (Å²) in [5, 5.41) is 0. The van der Waals surface area contributed by atoms with Gasteiger partial charge in [0.2, 0.25) is 0 Å². The minimum Gasteiger partial charge on any atom is -0.465 e. The third-order valence-corrected chi connectivity index (χ3v) is 3.45. The van der Waals surface area contributed by atoms with E-state index in [0.29, 0.717) is 17.7 Å². The zero-order chi connectivity index (χ0) is 15.9. The largest absolute Gasteiger partial charge is 0.465 e. The van der Waals surface area contributed by atoms with Crippen molar-refractivity contribution in [2.45, 2.75) is 32.6 Å². The molecule has 0 spiro atoms. The Morgan fingerprint density at radius 2 is 1.91 bits per heavy atom. The van der Waals surface area contributed by atoms with Gasteiger partial charge in [0.15, 0.2) is 16.8 Å². The number of carbonyl (C=O) groups excluding carboxylic acids is 1. The molecule has 0 atom stereocenters. The Bertz CT molecular complexity index is 686. The molecule has 2 aromatic rings. The smallest absolute Gasteiger partial charge is 0.345 e. The molecular formula is C18H20O4. The van der Waals surface area contributed by atoms with Crippen molar-refractivity contribution in [1.29, 1.82) is 0 Å². The van der Waals surface area contributed by atoms with Gasteiger partial charge in [0.25, 0.3) is 0 Å². The molecule has 0 aliphatic heterocycles. The molecule has 116 valence electrons. The summed E-state index contributed by atoms with van der Waals surface area (Å²) in [4.78, 5) is 24.2. The Kier molecular flexibility index (Phi) is 5.53. The summed E-state index contributed by atoms with van der Waals surface area (Å²) in [7, 11) is 1.26. The van der Waals surface area contributed by atoms with Crippen LogP contribution in [0.3, 0.4) is 0 Å². The first-order valence-corrected chi connectivity index (χ1v) is 7.48. The quantitative estimate of drug-likeness (QED) is 0.601. The maximum atomic E-state index is 12.3. The number of methoxy groups -OCH3 is 1. The van der Waals surface area contributed by atoms with Gasteiger partial charge in [0.1, 0.15) is 5.76 Å². The van der Waals surface area contributed by atoms with Gasteiger partial charge in [-0.3, -0.25) is 4.79 Å². The summed E-state index contributed by atoms with van der Waals surface area (Å²) < 4.78 is 10.6. The zero-order valence-corrected chi connectivity index (χ0v) is 12.9. The molecule has 0 amide bonds. The Hall–Kier alpha value is -2.36. The number of rotatable bonds is 6. The molecule has 0 saturated heterocycles. The SMILES string of the molecule is CCCCCc1cc(=O)c(C(=O)OC)c(-c2ccccc2)o1. The standard InChI is InChI=1S/C18H20O4/c1-3-4-6-11-14-12-15(19)16(18(20)21-2)17(22-14)13-9-7-5-8-10-13/h5,7-10,12H,3-4,6,11H2,1-2H3. The highest BCUT2D eigenvalue weighted by Crippen LogP contribution is 2.24. The molecular weight excluding hydrogens is 280 g/mol. The Morgan fingerprint density at radius 3 is 2.55 bits per heavy atom. The minimum absolute atomic E-state index is 0.0482. The van der Waals surface area contributed by atoms with Gasteiger partial charge in [0.05, 0.1) is 7.11 Å². The normalized spacial score (nSPS) is 10.5. The number of hydrogen-bond acceptors (Lipinski definition) is 4. The topological polar surface area (TPSA) is 56.5 Å². The molecule has 22 heavy (non-hydrogen) atoms. The molecule has 0 aliphatic carbocycles. The van der Waals surface area contributed by atoms with Crippen LogP contribution in [0.2, 0.25) is 0 Å². The van der Waals surface area contributed by atoms with E-state index in [9.17, 15) is 9.59 Å². The molecule has 0 unspecified atom stereocenters. The number of aryl methyl sites for hydroxylation is 1. The summed E-state index contributed by atoms with van der Waals surface area (Å²) in [6.07, 6.45) is 3.80. The molecule has 4 nitrogen and oxygen atoms in total. The minimum atomic E-state index is -0.673. The van der Waals surface area contributed by atoms with Gasteiger partial charge in [0, 0.05) is 18.1 Å². The van der Waals surface area contributed by atoms with E-state index in [-0.39, 0.29) is 16.8 Å². The predicted octanol–water partition coefficient (Wildman–Crippen LogP) is 3.83. The zero-order valence-electron chi connectivity index (χ0n) is 12.9. The number of esters is 1. The van der Waals surface area contributed by atoms with E-state index in [4.69, 9.17) is 9.15 Å². The first-order valence-electron chi connectivity index (χ1n) is 7.48. The summed E-state index contributed by atoms with van der Waals surface area (Å²) in [6.45, 7) is 2.12. The second-order valence-corrected chi connectivity index (χ2v) is 5.10. The fourth-order valence-corrected chi connectivity index (χ4v) is 2.30. The van der Waals surface area contributed by atoms with Crippen molar-refractivity contribution in [2.24, 2.45) is 0 Å². The Balaban J connectivity index is 2.50. The highest BCUT2D eigenvalue weighted by molar-refractivity contribution is 5.95. The summed E-state index contributed by atoms with van der Waals surface area (Å²) in [5.74, 6) is 0.212. The van der Waals surface area contributed by atoms with Crippen LogP contribution in [0, 0.1) is 0 Å². The van der Waals surface area contributed by atoms with Crippen LogP contribution in [0.4, 0.5) is 0 Å². The third kappa shape index (κ3) is 3.64. The van der Waals surface area contributed by atoms with Crippen LogP contribution in [0.1, 0.15) is 42.3 Å². The van der Waals surface area contributed by atoms with Gasteiger partial charge in [-0.25, -0.2) is 4.79 Å². The lowest BCUT2D eigenvalue weighted by Crippen LogP contribution is -2.18. The van der Waals surface area contributed by atoms with E-state index < -0.39 is 5.97 Å². The van der Waals surface area contributed by atoms with E-state index in [1.807, 2.05) is 18.2 Å². The third-order valence-electron chi connectivity index (χ3n) is 3.45. The highest BCUT2D eigenvalue weighted by Gasteiger charge is 2.21. The maximum absolute atomic E-state index is 12.3. The molecule has 1 heterocycles. The van der Waals surface area contributed by atoms with E-state index in [1.165, 1.54) is 13.2 Å². The number of benzene rings is 1. The van der Waals surface area contributed by atoms with Gasteiger partial charge in [-0.1, -0.05) is 50.1 Å². The predicted molar refractivity (Wildman–Crippen MR) is 85.0 cm³/mol. The summed E-state index contributed by atoms with van der Waals surface area (Å²) >= 11 is 0. The average Bonchev–Trinajstić information content (AvgIpc) is 2.55. The van der Waals surface area contributed by atoms with Crippen molar-refractivity contribution in [1.82, 2.24) is 0 Å². The molecule has 4 heteroatoms. The van der Waals surface area contributed by atoms with Crippen LogP contribution in [-0.2, 0) is 11.2 Å². The molecule has 1 aromatic carbocycles. The Labute approximate surface area is 129 Å². The fourth-order valence-electron chi connectivity index (χ4n) is 2.30. The van der Waals surface area contributed by atoms with Gasteiger partial charge >= 0.3 is 5.97 Å². The van der Waals surface area contributed by atoms with Crippen molar-refractivity contribution in [3.05, 3.63) is 57.9 Å². The van der Waals surface area contributed by atoms with E-state index in [2.05, 4.69) is 6.92 Å². The lowest BCUT2D eigenvalue weighted by atomic mass is 10.1. The summed E-state index contributed by atoms with van der Waals surface area (Å²) in [5.41, 5.74) is 0.286. The molecule has 0 fully saturated rings. The average molecular weight is 300 g/mol. The van der Waals surface area contributed by atoms with E-state index >= 15 is 0 Å². The van der Waals surface area contributed by atoms with Crippen LogP contribution < -0.4 is 5.43 Å². The molecule has 0 bridgehead atoms. The molecule has 0 N–H and O–H groups in total. The van der Waals surface area contributed by atoms with Crippen LogP contribution in [0.15, 0.2) is 45.6 Å². The lowest BCUT2D eigenvalue weighted by Gasteiger charge is -2.09. The van der Waals surface area contributed by atoms with Gasteiger partial charge in [-0.2, -0.15) is 0 Å². The van der Waals surface area contributed by atoms with E-state index in [0.717, 1.165) is 19.3 Å². The molecule has 0 aliphatic rings. The van der Waals surface area contributed by atoms with Crippen LogP contribution in [0.25, 0.3) is 11.3 Å². The van der Waals surface area contributed by atoms with Gasteiger partial charge < -0.3 is 9.15 Å². The van der Waals surface area contributed by atoms with Crippen LogP contribution >= 0.6 is 0 Å². The van der Waals surface area contributed by atoms with Crippen molar-refractivity contribution >= 4 is 5.97 Å². The monoisotopic (exact) mass is 300 g/mol. The first-order chi connectivity index (χ1) is 10.7. The molecule has 1 aromatic heterocycles. The number of hydrogen-bond donors (Lipinski definition) is 0. The maximum Gasteiger partial charge on any atom is 0.345 e. The van der Waals surface area contributed by atoms with Crippen molar-refractivity contribution < 1.29 is 13.9 Å². The number of ether oxygens (including phenoxy) is 1. The van der Waals surface area contributed by atoms with Gasteiger partial charge in [-0.05, 0) is 6.42 Å². The number of unbranched alkanes of at least 4 members (excludes halogenated alkanes) is 2. The first kappa shape index (κ1) is 16.0. The molecule has 0 radical (unpaired) electrons. The van der Waals surface area contributed by atoms with Crippen LogP contribution in [-0.4, -0.2) is 13.1 Å².